The summed E-state index contributed by atoms with van der Waals surface area (Å²) in [4.78, 5) is 16.0. The lowest BCUT2D eigenvalue weighted by molar-refractivity contribution is 0.0972. The molecule has 0 radical (unpaired) electrons. The fourth-order valence-electron chi connectivity index (χ4n) is 1.41. The Morgan fingerprint density at radius 2 is 2.12 bits per heavy atom. The van der Waals surface area contributed by atoms with Crippen LogP contribution in [0.25, 0.3) is 0 Å². The largest absolute Gasteiger partial charge is 0.292 e. The molecule has 0 bridgehead atoms. The number of pyridine rings is 1. The summed E-state index contributed by atoms with van der Waals surface area (Å²) in [5.74, 6) is 0.758. The molecule has 0 spiro atoms. The van der Waals surface area contributed by atoms with Crippen LogP contribution in [0.4, 0.5) is 0 Å². The molecule has 0 aromatic carbocycles. The van der Waals surface area contributed by atoms with Gasteiger partial charge >= 0.3 is 0 Å². The first-order valence-electron chi connectivity index (χ1n) is 5.35. The fraction of sp³-hybridized carbons (Fsp3) is 0.500. The normalized spacial score (nSPS) is 10.8. The summed E-state index contributed by atoms with van der Waals surface area (Å²) in [6, 6.07) is 1.85. The number of aromatic nitrogens is 1. The van der Waals surface area contributed by atoms with Crippen LogP contribution in [0.15, 0.2) is 21.2 Å². The average molecular weight is 349 g/mol. The van der Waals surface area contributed by atoms with Crippen LogP contribution in [0.2, 0.25) is 0 Å². The lowest BCUT2D eigenvalue weighted by atomic mass is 10.0. The van der Waals surface area contributed by atoms with Gasteiger partial charge in [0, 0.05) is 21.6 Å². The SMILES string of the molecule is CC(C)CCCC(=O)c1ncc(Br)cc1Br. The highest BCUT2D eigenvalue weighted by atomic mass is 79.9. The number of carbonyl (C=O) groups is 1. The lowest BCUT2D eigenvalue weighted by Gasteiger charge is -2.05. The van der Waals surface area contributed by atoms with Gasteiger partial charge in [-0.1, -0.05) is 20.3 Å². The first-order chi connectivity index (χ1) is 7.50. The van der Waals surface area contributed by atoms with E-state index in [-0.39, 0.29) is 5.78 Å². The third kappa shape index (κ3) is 4.34. The summed E-state index contributed by atoms with van der Waals surface area (Å²) < 4.78 is 1.63. The molecule has 0 atom stereocenters. The van der Waals surface area contributed by atoms with E-state index in [1.54, 1.807) is 6.20 Å². The predicted octanol–water partition coefficient (Wildman–Crippen LogP) is 4.62. The van der Waals surface area contributed by atoms with E-state index in [1.807, 2.05) is 6.07 Å². The third-order valence-electron chi connectivity index (χ3n) is 2.26. The fourth-order valence-corrected chi connectivity index (χ4v) is 2.62. The van der Waals surface area contributed by atoms with Gasteiger partial charge in [-0.3, -0.25) is 9.78 Å². The topological polar surface area (TPSA) is 30.0 Å². The van der Waals surface area contributed by atoms with Gasteiger partial charge in [0.15, 0.2) is 5.78 Å². The molecule has 0 saturated heterocycles. The van der Waals surface area contributed by atoms with Crippen LogP contribution >= 0.6 is 31.9 Å². The number of hydrogen-bond acceptors (Lipinski definition) is 2. The second-order valence-corrected chi connectivity index (χ2v) is 5.96. The monoisotopic (exact) mass is 347 g/mol. The molecule has 1 rings (SSSR count). The van der Waals surface area contributed by atoms with Gasteiger partial charge in [0.1, 0.15) is 5.69 Å². The van der Waals surface area contributed by atoms with E-state index in [0.29, 0.717) is 18.0 Å². The molecule has 0 aliphatic heterocycles. The van der Waals surface area contributed by atoms with E-state index in [0.717, 1.165) is 21.8 Å². The Morgan fingerprint density at radius 1 is 1.44 bits per heavy atom. The second-order valence-electron chi connectivity index (χ2n) is 4.19. The smallest absolute Gasteiger partial charge is 0.182 e. The molecule has 4 heteroatoms. The molecule has 0 aliphatic rings. The van der Waals surface area contributed by atoms with E-state index >= 15 is 0 Å². The third-order valence-corrected chi connectivity index (χ3v) is 3.30. The van der Waals surface area contributed by atoms with Crippen LogP contribution in [0.1, 0.15) is 43.6 Å². The molecular weight excluding hydrogens is 334 g/mol. The Kier molecular flexibility index (Phi) is 5.62. The van der Waals surface area contributed by atoms with Crippen LogP contribution in [0, 0.1) is 5.92 Å². The summed E-state index contributed by atoms with van der Waals surface area (Å²) in [7, 11) is 0. The summed E-state index contributed by atoms with van der Waals surface area (Å²) >= 11 is 6.67. The van der Waals surface area contributed by atoms with Gasteiger partial charge in [0.2, 0.25) is 0 Å². The zero-order chi connectivity index (χ0) is 12.1. The van der Waals surface area contributed by atoms with E-state index in [2.05, 4.69) is 50.7 Å². The Balaban J connectivity index is 2.59. The molecule has 0 saturated carbocycles. The molecule has 1 heterocycles. The molecule has 0 aliphatic carbocycles. The van der Waals surface area contributed by atoms with Crippen molar-refractivity contribution >= 4 is 37.6 Å². The van der Waals surface area contributed by atoms with Crippen molar-refractivity contribution in [2.45, 2.75) is 33.1 Å². The van der Waals surface area contributed by atoms with Gasteiger partial charge in [0.05, 0.1) is 0 Å². The summed E-state index contributed by atoms with van der Waals surface area (Å²) in [6.45, 7) is 4.33. The molecule has 1 aromatic rings. The minimum Gasteiger partial charge on any atom is -0.292 e. The minimum absolute atomic E-state index is 0.111. The molecule has 16 heavy (non-hydrogen) atoms. The molecule has 0 N–H and O–H groups in total. The van der Waals surface area contributed by atoms with Crippen LogP contribution < -0.4 is 0 Å². The Hall–Kier alpha value is -0.220. The van der Waals surface area contributed by atoms with Crippen LogP contribution in [-0.2, 0) is 0 Å². The van der Waals surface area contributed by atoms with E-state index in [4.69, 9.17) is 0 Å². The molecule has 0 unspecified atom stereocenters. The number of nitrogens with zero attached hydrogens (tertiary/aromatic N) is 1. The molecule has 0 amide bonds. The minimum atomic E-state index is 0.111. The summed E-state index contributed by atoms with van der Waals surface area (Å²) in [6.07, 6.45) is 4.24. The van der Waals surface area contributed by atoms with Crippen LogP contribution in [-0.4, -0.2) is 10.8 Å². The number of ketones is 1. The maximum atomic E-state index is 11.9. The number of hydrogen-bond donors (Lipinski definition) is 0. The lowest BCUT2D eigenvalue weighted by Crippen LogP contribution is -2.04. The first-order valence-corrected chi connectivity index (χ1v) is 6.93. The van der Waals surface area contributed by atoms with Crippen molar-refractivity contribution in [1.82, 2.24) is 4.98 Å². The maximum absolute atomic E-state index is 11.9. The molecular formula is C12H15Br2NO. The Morgan fingerprint density at radius 3 is 2.69 bits per heavy atom. The number of Topliss-reactive ketones (excluding diaryl/α,β-unsaturated/α-hetero) is 1. The zero-order valence-electron chi connectivity index (χ0n) is 9.46. The zero-order valence-corrected chi connectivity index (χ0v) is 12.6. The van der Waals surface area contributed by atoms with E-state index < -0.39 is 0 Å². The van der Waals surface area contributed by atoms with Gasteiger partial charge in [-0.25, -0.2) is 0 Å². The quantitative estimate of drug-likeness (QED) is 0.727. The van der Waals surface area contributed by atoms with E-state index in [9.17, 15) is 4.79 Å². The molecule has 0 fully saturated rings. The van der Waals surface area contributed by atoms with Gasteiger partial charge in [-0.2, -0.15) is 0 Å². The summed E-state index contributed by atoms with van der Waals surface area (Å²) in [5.41, 5.74) is 0.534. The van der Waals surface area contributed by atoms with Gasteiger partial charge in [-0.15, -0.1) is 0 Å². The van der Waals surface area contributed by atoms with Crippen LogP contribution in [0.5, 0.6) is 0 Å². The van der Waals surface area contributed by atoms with Crippen molar-refractivity contribution in [3.63, 3.8) is 0 Å². The van der Waals surface area contributed by atoms with Crippen molar-refractivity contribution in [1.29, 1.82) is 0 Å². The Bertz CT molecular complexity index is 377. The summed E-state index contributed by atoms with van der Waals surface area (Å²) in [5, 5.41) is 0. The predicted molar refractivity (Wildman–Crippen MR) is 72.7 cm³/mol. The average Bonchev–Trinajstić information content (AvgIpc) is 2.16. The highest BCUT2D eigenvalue weighted by Crippen LogP contribution is 2.21. The van der Waals surface area contributed by atoms with Gasteiger partial charge in [0.25, 0.3) is 0 Å². The highest BCUT2D eigenvalue weighted by Gasteiger charge is 2.11. The number of halogens is 2. The first kappa shape index (κ1) is 13.8. The Labute approximate surface area is 113 Å². The van der Waals surface area contributed by atoms with Crippen LogP contribution in [0.3, 0.4) is 0 Å². The van der Waals surface area contributed by atoms with Crippen molar-refractivity contribution < 1.29 is 4.79 Å². The standard InChI is InChI=1S/C12H15Br2NO/c1-8(2)4-3-5-11(16)12-10(14)6-9(13)7-15-12/h6-8H,3-5H2,1-2H3. The maximum Gasteiger partial charge on any atom is 0.182 e. The number of carbonyl (C=O) groups excluding carboxylic acids is 1. The van der Waals surface area contributed by atoms with Gasteiger partial charge < -0.3 is 0 Å². The van der Waals surface area contributed by atoms with Crippen molar-refractivity contribution in [2.75, 3.05) is 0 Å². The van der Waals surface area contributed by atoms with Crippen molar-refractivity contribution in [3.05, 3.63) is 26.9 Å². The number of rotatable bonds is 5. The van der Waals surface area contributed by atoms with Gasteiger partial charge in [-0.05, 0) is 50.3 Å². The molecule has 1 aromatic heterocycles. The molecule has 2 nitrogen and oxygen atoms in total. The molecule has 88 valence electrons. The highest BCUT2D eigenvalue weighted by molar-refractivity contribution is 9.11. The van der Waals surface area contributed by atoms with E-state index in [1.165, 1.54) is 0 Å². The van der Waals surface area contributed by atoms with Crippen molar-refractivity contribution in [3.8, 4) is 0 Å². The van der Waals surface area contributed by atoms with Crippen molar-refractivity contribution in [2.24, 2.45) is 5.92 Å². The second kappa shape index (κ2) is 6.50.